The van der Waals surface area contributed by atoms with Crippen LogP contribution in [0.1, 0.15) is 38.4 Å². The van der Waals surface area contributed by atoms with Gasteiger partial charge in [0, 0.05) is 38.6 Å². The van der Waals surface area contributed by atoms with Crippen LogP contribution >= 0.6 is 11.6 Å². The third-order valence-electron chi connectivity index (χ3n) is 5.84. The Balaban J connectivity index is 2.49. The van der Waals surface area contributed by atoms with Crippen molar-refractivity contribution in [1.82, 2.24) is 17.7 Å². The number of hydrogen-bond donors (Lipinski definition) is 0. The van der Waals surface area contributed by atoms with Gasteiger partial charge in [-0.3, -0.25) is 18.7 Å². The molecule has 1 aromatic rings. The quantitative estimate of drug-likeness (QED) is 0.432. The first-order valence-corrected chi connectivity index (χ1v) is 11.7. The molecule has 1 amide bonds. The number of nitrogens with zero attached hydrogens (tertiary/aromatic N) is 4. The van der Waals surface area contributed by atoms with Gasteiger partial charge in [0.15, 0.2) is 0 Å². The number of halogens is 5. The van der Waals surface area contributed by atoms with Gasteiger partial charge < -0.3 is 0 Å². The lowest BCUT2D eigenvalue weighted by Gasteiger charge is -2.37. The molecule has 1 heterocycles. The van der Waals surface area contributed by atoms with Crippen LogP contribution in [0.3, 0.4) is 0 Å². The van der Waals surface area contributed by atoms with Gasteiger partial charge in [0.1, 0.15) is 11.9 Å². The maximum absolute atomic E-state index is 14.9. The lowest BCUT2D eigenvalue weighted by atomic mass is 9.83. The summed E-state index contributed by atoms with van der Waals surface area (Å²) in [5, 5.41) is -1.17. The summed E-state index contributed by atoms with van der Waals surface area (Å²) >= 11 is 6.14. The highest BCUT2D eigenvalue weighted by molar-refractivity contribution is 7.87. The third kappa shape index (κ3) is 5.11. The second-order valence-electron chi connectivity index (χ2n) is 8.18. The predicted molar refractivity (Wildman–Crippen MR) is 112 cm³/mol. The fraction of sp³-hybridized carbons (Fsp3) is 0.722. The number of rotatable bonds is 5. The van der Waals surface area contributed by atoms with E-state index in [4.69, 9.17) is 11.6 Å². The molecule has 0 aliphatic heterocycles. The second kappa shape index (κ2) is 9.37. The zero-order valence-corrected chi connectivity index (χ0v) is 20.1. The minimum absolute atomic E-state index is 0.173. The summed E-state index contributed by atoms with van der Waals surface area (Å²) in [5.41, 5.74) is -4.31. The Labute approximate surface area is 192 Å². The molecule has 1 aliphatic rings. The molecule has 0 N–H and O–H groups in total. The van der Waals surface area contributed by atoms with Crippen molar-refractivity contribution in [1.29, 1.82) is 0 Å². The molecule has 15 heteroatoms. The average molecular weight is 521 g/mol. The third-order valence-corrected chi connectivity index (χ3v) is 8.34. The van der Waals surface area contributed by atoms with E-state index >= 15 is 0 Å². The number of carbonyl (C=O) groups is 1. The van der Waals surface area contributed by atoms with Crippen LogP contribution in [0.15, 0.2) is 15.7 Å². The average Bonchev–Trinajstić information content (AvgIpc) is 2.69. The Hall–Kier alpha value is -1.93. The summed E-state index contributed by atoms with van der Waals surface area (Å²) in [6.45, 7) is 3.16. The Morgan fingerprint density at radius 3 is 2.24 bits per heavy atom. The van der Waals surface area contributed by atoms with Gasteiger partial charge in [-0.1, -0.05) is 0 Å². The van der Waals surface area contributed by atoms with Crippen LogP contribution in [0.2, 0.25) is 0 Å². The van der Waals surface area contributed by atoms with Crippen molar-refractivity contribution in [2.75, 3.05) is 14.1 Å². The molecule has 4 unspecified atom stereocenters. The minimum atomic E-state index is -4.99. The van der Waals surface area contributed by atoms with Gasteiger partial charge in [-0.25, -0.2) is 13.5 Å². The number of amides is 1. The zero-order chi connectivity index (χ0) is 25.6. The molecule has 0 bridgehead atoms. The van der Waals surface area contributed by atoms with Crippen LogP contribution < -0.4 is 11.2 Å². The molecule has 0 saturated heterocycles. The Kier molecular flexibility index (Phi) is 7.76. The van der Waals surface area contributed by atoms with E-state index in [0.29, 0.717) is 8.87 Å². The molecule has 0 spiro atoms. The molecule has 1 saturated carbocycles. The van der Waals surface area contributed by atoms with Gasteiger partial charge in [-0.15, -0.1) is 11.6 Å². The van der Waals surface area contributed by atoms with Crippen molar-refractivity contribution in [2.24, 2.45) is 13.0 Å². The Morgan fingerprint density at radius 2 is 1.76 bits per heavy atom. The first-order chi connectivity index (χ1) is 14.9. The Morgan fingerprint density at radius 1 is 1.21 bits per heavy atom. The van der Waals surface area contributed by atoms with E-state index in [9.17, 15) is 40.4 Å². The first kappa shape index (κ1) is 27.3. The molecule has 33 heavy (non-hydrogen) atoms. The van der Waals surface area contributed by atoms with Crippen LogP contribution in [-0.2, 0) is 28.2 Å². The van der Waals surface area contributed by atoms with Crippen molar-refractivity contribution >= 4 is 27.7 Å². The Bertz CT molecular complexity index is 1130. The first-order valence-electron chi connectivity index (χ1n) is 9.86. The lowest BCUT2D eigenvalue weighted by molar-refractivity contribution is -0.144. The molecule has 2 rings (SSSR count). The van der Waals surface area contributed by atoms with Gasteiger partial charge in [-0.2, -0.15) is 25.9 Å². The summed E-state index contributed by atoms with van der Waals surface area (Å²) in [6.07, 6.45) is -8.00. The highest BCUT2D eigenvalue weighted by atomic mass is 35.5. The predicted octanol–water partition coefficient (Wildman–Crippen LogP) is 1.51. The van der Waals surface area contributed by atoms with Crippen molar-refractivity contribution in [2.45, 2.75) is 56.5 Å². The van der Waals surface area contributed by atoms with Crippen LogP contribution in [-0.4, -0.2) is 63.8 Å². The van der Waals surface area contributed by atoms with Gasteiger partial charge in [0.25, 0.3) is 5.56 Å². The van der Waals surface area contributed by atoms with E-state index in [1.165, 1.54) is 7.05 Å². The molecule has 9 nitrogen and oxygen atoms in total. The summed E-state index contributed by atoms with van der Waals surface area (Å²) in [4.78, 5) is 37.9. The molecule has 1 aliphatic carbocycles. The summed E-state index contributed by atoms with van der Waals surface area (Å²) in [7, 11) is -1.20. The van der Waals surface area contributed by atoms with Crippen LogP contribution in [0.25, 0.3) is 0 Å². The molecule has 4 atom stereocenters. The summed E-state index contributed by atoms with van der Waals surface area (Å²) in [6, 6.07) is -1.92. The molecule has 1 fully saturated rings. The van der Waals surface area contributed by atoms with Crippen molar-refractivity contribution < 1.29 is 30.8 Å². The van der Waals surface area contributed by atoms with Gasteiger partial charge in [0.05, 0.1) is 12.0 Å². The molecular formula is C18H25ClF4N4O5S. The van der Waals surface area contributed by atoms with E-state index < -0.39 is 81.6 Å². The zero-order valence-electron chi connectivity index (χ0n) is 18.5. The molecular weight excluding hydrogens is 496 g/mol. The molecule has 0 radical (unpaired) electrons. The monoisotopic (exact) mass is 520 g/mol. The standard InChI is InChI=1S/C18H25ClF4N4O5S/c1-9(2)25(4)33(31,32)26(5)16(29)10-6-13(12(20)7-11(10)19)27-15(28)8-14(18(21,22)23)24(3)17(27)30/h8-13H,6-7H2,1-5H3. The SMILES string of the molecule is CC(C)N(C)S(=O)(=O)N(C)C(=O)C1CC(n2c(=O)cc(C(F)(F)F)n(C)c2=O)C(F)CC1Cl. The summed E-state index contributed by atoms with van der Waals surface area (Å²) < 4.78 is 81.3. The highest BCUT2D eigenvalue weighted by Gasteiger charge is 2.46. The number of aromatic nitrogens is 2. The normalized spacial score (nSPS) is 24.4. The fourth-order valence-electron chi connectivity index (χ4n) is 3.64. The van der Waals surface area contributed by atoms with E-state index in [1.54, 1.807) is 13.8 Å². The lowest BCUT2D eigenvalue weighted by Crippen LogP contribution is -2.53. The molecule has 0 aromatic carbocycles. The molecule has 1 aromatic heterocycles. The summed E-state index contributed by atoms with van der Waals surface area (Å²) in [5.74, 6) is -2.31. The minimum Gasteiger partial charge on any atom is -0.292 e. The van der Waals surface area contributed by atoms with Crippen LogP contribution in [0.5, 0.6) is 0 Å². The number of alkyl halides is 5. The van der Waals surface area contributed by atoms with Gasteiger partial charge in [-0.05, 0) is 26.7 Å². The number of hydrogen-bond acceptors (Lipinski definition) is 5. The maximum atomic E-state index is 14.9. The fourth-order valence-corrected chi connectivity index (χ4v) is 5.30. The van der Waals surface area contributed by atoms with Crippen LogP contribution in [0.4, 0.5) is 17.6 Å². The van der Waals surface area contributed by atoms with Crippen molar-refractivity contribution in [3.8, 4) is 0 Å². The van der Waals surface area contributed by atoms with Crippen LogP contribution in [0, 0.1) is 5.92 Å². The van der Waals surface area contributed by atoms with E-state index in [0.717, 1.165) is 18.4 Å². The highest BCUT2D eigenvalue weighted by Crippen LogP contribution is 2.38. The van der Waals surface area contributed by atoms with E-state index in [2.05, 4.69) is 0 Å². The van der Waals surface area contributed by atoms with Gasteiger partial charge >= 0.3 is 22.1 Å². The van der Waals surface area contributed by atoms with Crippen molar-refractivity contribution in [3.05, 3.63) is 32.6 Å². The largest absolute Gasteiger partial charge is 0.431 e. The van der Waals surface area contributed by atoms with E-state index in [1.807, 2.05) is 0 Å². The van der Waals surface area contributed by atoms with Gasteiger partial charge in [0.2, 0.25) is 5.91 Å². The molecule has 188 valence electrons. The second-order valence-corrected chi connectivity index (χ2v) is 10.8. The maximum Gasteiger partial charge on any atom is 0.431 e. The van der Waals surface area contributed by atoms with E-state index in [-0.39, 0.29) is 10.6 Å². The smallest absolute Gasteiger partial charge is 0.292 e. The van der Waals surface area contributed by atoms with Crippen molar-refractivity contribution in [3.63, 3.8) is 0 Å². The number of carbonyl (C=O) groups excluding carboxylic acids is 1. The topological polar surface area (TPSA) is 102 Å².